The molecule has 0 unspecified atom stereocenters. The van der Waals surface area contributed by atoms with Crippen LogP contribution >= 0.6 is 0 Å². The molecule has 2 aromatic heterocycles. The van der Waals surface area contributed by atoms with Crippen molar-refractivity contribution in [1.29, 1.82) is 0 Å². The molecule has 0 fully saturated rings. The predicted octanol–water partition coefficient (Wildman–Crippen LogP) is 3.91. The molecule has 4 rings (SSSR count). The molecule has 23 heavy (non-hydrogen) atoms. The molecule has 0 saturated carbocycles. The Kier molecular flexibility index (Phi) is 3.72. The maximum atomic E-state index is 5.85. The summed E-state index contributed by atoms with van der Waals surface area (Å²) < 4.78 is 5.85. The number of pyridine rings is 1. The van der Waals surface area contributed by atoms with Crippen LogP contribution in [0.5, 0.6) is 5.88 Å². The number of nitrogens with zero attached hydrogens (tertiary/aromatic N) is 2. The van der Waals surface area contributed by atoms with Crippen LogP contribution in [-0.2, 0) is 6.61 Å². The maximum Gasteiger partial charge on any atom is 0.214 e. The Morgan fingerprint density at radius 1 is 1.09 bits per heavy atom. The van der Waals surface area contributed by atoms with Gasteiger partial charge in [0.25, 0.3) is 0 Å². The zero-order valence-corrected chi connectivity index (χ0v) is 12.9. The Morgan fingerprint density at radius 2 is 2.00 bits per heavy atom. The first-order valence-electron chi connectivity index (χ1n) is 7.95. The van der Waals surface area contributed by atoms with Gasteiger partial charge in [-0.3, -0.25) is 0 Å². The third-order valence-electron chi connectivity index (χ3n) is 4.11. The van der Waals surface area contributed by atoms with Crippen molar-refractivity contribution in [2.75, 3.05) is 18.0 Å². The van der Waals surface area contributed by atoms with Crippen molar-refractivity contribution in [1.82, 2.24) is 9.97 Å². The zero-order valence-electron chi connectivity index (χ0n) is 12.9. The van der Waals surface area contributed by atoms with Crippen LogP contribution in [0.25, 0.3) is 11.0 Å². The lowest BCUT2D eigenvalue weighted by Gasteiger charge is -2.24. The van der Waals surface area contributed by atoms with Crippen LogP contribution in [-0.4, -0.2) is 23.1 Å². The van der Waals surface area contributed by atoms with Gasteiger partial charge in [-0.05, 0) is 18.1 Å². The van der Waals surface area contributed by atoms with Crippen LogP contribution in [0.2, 0.25) is 0 Å². The van der Waals surface area contributed by atoms with Crippen LogP contribution in [0.15, 0.2) is 60.8 Å². The molecule has 0 spiro atoms. The van der Waals surface area contributed by atoms with Gasteiger partial charge in [0.15, 0.2) is 0 Å². The molecule has 1 aliphatic heterocycles. The molecule has 0 amide bonds. The summed E-state index contributed by atoms with van der Waals surface area (Å²) >= 11 is 0. The number of ether oxygens (including phenoxy) is 1. The zero-order chi connectivity index (χ0) is 15.5. The molecule has 1 aliphatic rings. The predicted molar refractivity (Wildman–Crippen MR) is 92.8 cm³/mol. The highest BCUT2D eigenvalue weighted by Crippen LogP contribution is 2.28. The van der Waals surface area contributed by atoms with Crippen LogP contribution in [0, 0.1) is 0 Å². The van der Waals surface area contributed by atoms with E-state index >= 15 is 0 Å². The standard InChI is InChI=1S/C19H19N3O/c1-3-7-15(8-4-1)14-23-18-10-9-16-19(21-18)17(13-20-16)22-11-5-2-6-12-22/h1-5,7-10,13,20H,6,11-12,14H2. The van der Waals surface area contributed by atoms with Gasteiger partial charge in [0.1, 0.15) is 12.1 Å². The third-order valence-corrected chi connectivity index (χ3v) is 4.11. The number of hydrogen-bond acceptors (Lipinski definition) is 3. The fraction of sp³-hybridized carbons (Fsp3) is 0.211. The van der Waals surface area contributed by atoms with Gasteiger partial charge in [-0.1, -0.05) is 42.5 Å². The molecule has 3 heterocycles. The summed E-state index contributed by atoms with van der Waals surface area (Å²) in [5.74, 6) is 0.662. The Bertz CT molecular complexity index is 823. The number of aromatic amines is 1. The number of benzene rings is 1. The van der Waals surface area contributed by atoms with E-state index in [0.29, 0.717) is 12.5 Å². The summed E-state index contributed by atoms with van der Waals surface area (Å²) in [6.45, 7) is 2.50. The highest BCUT2D eigenvalue weighted by atomic mass is 16.5. The lowest BCUT2D eigenvalue weighted by molar-refractivity contribution is 0.295. The van der Waals surface area contributed by atoms with Crippen molar-refractivity contribution in [3.05, 3.63) is 66.4 Å². The molecular formula is C19H19N3O. The lowest BCUT2D eigenvalue weighted by Crippen LogP contribution is -2.26. The first kappa shape index (κ1) is 13.9. The monoisotopic (exact) mass is 305 g/mol. The first-order chi connectivity index (χ1) is 11.4. The number of H-pyrrole nitrogens is 1. The minimum atomic E-state index is 0.533. The number of anilines is 1. The fourth-order valence-electron chi connectivity index (χ4n) is 2.88. The summed E-state index contributed by atoms with van der Waals surface area (Å²) in [5.41, 5.74) is 4.31. The van der Waals surface area contributed by atoms with Crippen LogP contribution < -0.4 is 9.64 Å². The van der Waals surface area contributed by atoms with Crippen molar-refractivity contribution in [3.8, 4) is 5.88 Å². The number of nitrogens with one attached hydrogen (secondary N) is 1. The van der Waals surface area contributed by atoms with E-state index in [1.165, 1.54) is 0 Å². The largest absolute Gasteiger partial charge is 0.473 e. The molecule has 0 atom stereocenters. The van der Waals surface area contributed by atoms with Crippen molar-refractivity contribution in [2.45, 2.75) is 13.0 Å². The molecule has 116 valence electrons. The normalized spacial score (nSPS) is 14.3. The van der Waals surface area contributed by atoms with Gasteiger partial charge in [0.05, 0.1) is 11.2 Å². The van der Waals surface area contributed by atoms with Gasteiger partial charge < -0.3 is 14.6 Å². The van der Waals surface area contributed by atoms with E-state index in [1.54, 1.807) is 0 Å². The topological polar surface area (TPSA) is 41.2 Å². The Labute approximate surface area is 135 Å². The van der Waals surface area contributed by atoms with Gasteiger partial charge in [0, 0.05) is 25.4 Å². The van der Waals surface area contributed by atoms with E-state index in [-0.39, 0.29) is 0 Å². The van der Waals surface area contributed by atoms with E-state index < -0.39 is 0 Å². The molecule has 1 N–H and O–H groups in total. The van der Waals surface area contributed by atoms with Crippen LogP contribution in [0.1, 0.15) is 12.0 Å². The van der Waals surface area contributed by atoms with Crippen molar-refractivity contribution in [3.63, 3.8) is 0 Å². The highest BCUT2D eigenvalue weighted by molar-refractivity contribution is 5.89. The second-order valence-electron chi connectivity index (χ2n) is 5.70. The quantitative estimate of drug-likeness (QED) is 0.743. The molecule has 0 radical (unpaired) electrons. The Balaban J connectivity index is 1.58. The number of hydrogen-bond donors (Lipinski definition) is 1. The molecule has 4 heteroatoms. The number of rotatable bonds is 4. The Hall–Kier alpha value is -2.75. The molecule has 3 aromatic rings. The second kappa shape index (κ2) is 6.16. The fourth-order valence-corrected chi connectivity index (χ4v) is 2.88. The van der Waals surface area contributed by atoms with Crippen molar-refractivity contribution < 1.29 is 4.74 Å². The van der Waals surface area contributed by atoms with E-state index in [2.05, 4.69) is 34.2 Å². The minimum absolute atomic E-state index is 0.533. The second-order valence-corrected chi connectivity index (χ2v) is 5.70. The lowest BCUT2D eigenvalue weighted by atomic mass is 10.2. The number of fused-ring (bicyclic) bond motifs is 1. The van der Waals surface area contributed by atoms with Gasteiger partial charge in [-0.15, -0.1) is 0 Å². The summed E-state index contributed by atoms with van der Waals surface area (Å²) in [6.07, 6.45) is 7.56. The minimum Gasteiger partial charge on any atom is -0.473 e. The van der Waals surface area contributed by atoms with Crippen LogP contribution in [0.4, 0.5) is 5.69 Å². The van der Waals surface area contributed by atoms with Gasteiger partial charge >= 0.3 is 0 Å². The number of aromatic nitrogens is 2. The van der Waals surface area contributed by atoms with Crippen molar-refractivity contribution in [2.24, 2.45) is 0 Å². The van der Waals surface area contributed by atoms with E-state index in [0.717, 1.165) is 41.8 Å². The summed E-state index contributed by atoms with van der Waals surface area (Å²) in [6, 6.07) is 14.1. The van der Waals surface area contributed by atoms with E-state index in [9.17, 15) is 0 Å². The third kappa shape index (κ3) is 2.93. The van der Waals surface area contributed by atoms with Gasteiger partial charge in [-0.2, -0.15) is 0 Å². The maximum absolute atomic E-state index is 5.85. The summed E-state index contributed by atoms with van der Waals surface area (Å²) in [5, 5.41) is 0. The molecule has 0 saturated heterocycles. The van der Waals surface area contributed by atoms with Gasteiger partial charge in [-0.25, -0.2) is 4.98 Å². The highest BCUT2D eigenvalue weighted by Gasteiger charge is 2.14. The average molecular weight is 305 g/mol. The smallest absolute Gasteiger partial charge is 0.214 e. The molecule has 0 bridgehead atoms. The van der Waals surface area contributed by atoms with Crippen LogP contribution in [0.3, 0.4) is 0 Å². The molecule has 0 aliphatic carbocycles. The van der Waals surface area contributed by atoms with E-state index in [4.69, 9.17) is 9.72 Å². The van der Waals surface area contributed by atoms with Gasteiger partial charge in [0.2, 0.25) is 5.88 Å². The van der Waals surface area contributed by atoms with E-state index in [1.807, 2.05) is 36.5 Å². The Morgan fingerprint density at radius 3 is 2.83 bits per heavy atom. The molecule has 4 nitrogen and oxygen atoms in total. The SMILES string of the molecule is C1=CCN(c2c[nH]c3ccc(OCc4ccccc4)nc23)CC1. The van der Waals surface area contributed by atoms with Crippen molar-refractivity contribution >= 4 is 16.7 Å². The summed E-state index contributed by atoms with van der Waals surface area (Å²) in [4.78, 5) is 10.3. The first-order valence-corrected chi connectivity index (χ1v) is 7.95. The molecule has 1 aromatic carbocycles. The molecular weight excluding hydrogens is 286 g/mol. The summed E-state index contributed by atoms with van der Waals surface area (Å²) in [7, 11) is 0. The average Bonchev–Trinajstić information content (AvgIpc) is 3.05.